The lowest BCUT2D eigenvalue weighted by Gasteiger charge is -2.15. The van der Waals surface area contributed by atoms with Crippen LogP contribution in [0.2, 0.25) is 5.02 Å². The summed E-state index contributed by atoms with van der Waals surface area (Å²) in [6, 6.07) is 22.9. The number of rotatable bonds is 8. The minimum atomic E-state index is 0.862. The maximum absolute atomic E-state index is 6.69. The highest BCUT2D eigenvalue weighted by molar-refractivity contribution is 6.31. The predicted octanol–water partition coefficient (Wildman–Crippen LogP) is 6.68. The molecule has 0 unspecified atom stereocenters. The summed E-state index contributed by atoms with van der Waals surface area (Å²) in [5.41, 5.74) is 5.38. The van der Waals surface area contributed by atoms with Gasteiger partial charge in [-0.3, -0.25) is 4.90 Å². The van der Waals surface area contributed by atoms with Gasteiger partial charge in [-0.05, 0) is 97.9 Å². The van der Waals surface area contributed by atoms with Crippen molar-refractivity contribution in [1.82, 2.24) is 9.80 Å². The van der Waals surface area contributed by atoms with Crippen molar-refractivity contribution >= 4 is 11.6 Å². The first-order valence-corrected chi connectivity index (χ1v) is 12.2. The van der Waals surface area contributed by atoms with Crippen LogP contribution in [0, 0.1) is 0 Å². The minimum Gasteiger partial charge on any atom is -0.457 e. The number of hydrogen-bond acceptors (Lipinski definition) is 3. The van der Waals surface area contributed by atoms with E-state index in [-0.39, 0.29) is 0 Å². The van der Waals surface area contributed by atoms with Crippen molar-refractivity contribution in [1.29, 1.82) is 0 Å². The molecule has 2 aliphatic heterocycles. The molecule has 3 aromatic carbocycles. The van der Waals surface area contributed by atoms with E-state index in [0.717, 1.165) is 42.6 Å². The average molecular weight is 447 g/mol. The lowest BCUT2D eigenvalue weighted by molar-refractivity contribution is 0.275. The lowest BCUT2D eigenvalue weighted by atomic mass is 10.0. The summed E-state index contributed by atoms with van der Waals surface area (Å²) in [4.78, 5) is 5.06. The fraction of sp³-hybridized carbons (Fsp3) is 0.357. The smallest absolute Gasteiger partial charge is 0.127 e. The summed E-state index contributed by atoms with van der Waals surface area (Å²) in [5.74, 6) is 1.73. The van der Waals surface area contributed by atoms with E-state index in [1.807, 2.05) is 30.3 Å². The standard InChI is InChI=1S/C28H31ClN2O/c29-28-18-23(7-6-16-30-14-4-5-15-30)17-24-20-31(21-27(24)28)19-22-10-12-26(13-11-22)32-25-8-2-1-3-9-25/h1-3,8-13,17-18H,4-7,14-16,19-21H2. The first-order valence-electron chi connectivity index (χ1n) is 11.8. The van der Waals surface area contributed by atoms with Gasteiger partial charge in [0.1, 0.15) is 11.5 Å². The molecule has 3 aromatic rings. The molecule has 0 N–H and O–H groups in total. The van der Waals surface area contributed by atoms with E-state index in [9.17, 15) is 0 Å². The second-order valence-electron chi connectivity index (χ2n) is 9.07. The molecule has 0 amide bonds. The molecular weight excluding hydrogens is 416 g/mol. The zero-order valence-corrected chi connectivity index (χ0v) is 19.4. The van der Waals surface area contributed by atoms with Crippen molar-refractivity contribution in [2.24, 2.45) is 0 Å². The predicted molar refractivity (Wildman–Crippen MR) is 131 cm³/mol. The van der Waals surface area contributed by atoms with Gasteiger partial charge in [-0.15, -0.1) is 0 Å². The maximum Gasteiger partial charge on any atom is 0.127 e. The molecule has 2 aliphatic rings. The molecule has 0 atom stereocenters. The number of nitrogens with zero attached hydrogens (tertiary/aromatic N) is 2. The van der Waals surface area contributed by atoms with Crippen LogP contribution in [-0.2, 0) is 26.1 Å². The molecule has 1 saturated heterocycles. The number of aryl methyl sites for hydroxylation is 1. The Morgan fingerprint density at radius 3 is 2.31 bits per heavy atom. The minimum absolute atomic E-state index is 0.862. The largest absolute Gasteiger partial charge is 0.457 e. The van der Waals surface area contributed by atoms with Crippen LogP contribution in [0.4, 0.5) is 0 Å². The molecule has 0 radical (unpaired) electrons. The van der Waals surface area contributed by atoms with Gasteiger partial charge in [0, 0.05) is 24.7 Å². The van der Waals surface area contributed by atoms with Crippen LogP contribution in [0.3, 0.4) is 0 Å². The Balaban J connectivity index is 1.16. The fourth-order valence-corrected chi connectivity index (χ4v) is 5.23. The number of ether oxygens (including phenoxy) is 1. The van der Waals surface area contributed by atoms with Gasteiger partial charge in [0.2, 0.25) is 0 Å². The molecule has 0 aromatic heterocycles. The SMILES string of the molecule is Clc1cc(CCCN2CCCC2)cc2c1CN(Cc1ccc(Oc3ccccc3)cc1)C2. The number of benzene rings is 3. The Kier molecular flexibility index (Phi) is 6.77. The van der Waals surface area contributed by atoms with Crippen molar-refractivity contribution in [2.75, 3.05) is 19.6 Å². The monoisotopic (exact) mass is 446 g/mol. The third-order valence-electron chi connectivity index (χ3n) is 6.57. The zero-order chi connectivity index (χ0) is 21.8. The summed E-state index contributed by atoms with van der Waals surface area (Å²) in [6.07, 6.45) is 5.06. The van der Waals surface area contributed by atoms with Crippen molar-refractivity contribution in [3.05, 3.63) is 94.0 Å². The molecule has 3 nitrogen and oxygen atoms in total. The lowest BCUT2D eigenvalue weighted by Crippen LogP contribution is -2.20. The number of para-hydroxylation sites is 1. The van der Waals surface area contributed by atoms with Gasteiger partial charge < -0.3 is 9.64 Å². The van der Waals surface area contributed by atoms with Crippen LogP contribution in [0.1, 0.15) is 41.5 Å². The molecule has 0 spiro atoms. The van der Waals surface area contributed by atoms with Crippen molar-refractivity contribution < 1.29 is 4.74 Å². The summed E-state index contributed by atoms with van der Waals surface area (Å²) in [6.45, 7) is 6.58. The normalized spacial score (nSPS) is 16.4. The van der Waals surface area contributed by atoms with Crippen molar-refractivity contribution in [3.63, 3.8) is 0 Å². The highest BCUT2D eigenvalue weighted by Gasteiger charge is 2.22. The highest BCUT2D eigenvalue weighted by atomic mass is 35.5. The van der Waals surface area contributed by atoms with E-state index in [1.165, 1.54) is 61.2 Å². The van der Waals surface area contributed by atoms with E-state index in [4.69, 9.17) is 16.3 Å². The quantitative estimate of drug-likeness (QED) is 0.384. The number of likely N-dealkylation sites (tertiary alicyclic amines) is 1. The summed E-state index contributed by atoms with van der Waals surface area (Å²) >= 11 is 6.69. The van der Waals surface area contributed by atoms with E-state index < -0.39 is 0 Å². The van der Waals surface area contributed by atoms with Gasteiger partial charge in [-0.1, -0.05) is 48.0 Å². The van der Waals surface area contributed by atoms with E-state index in [0.29, 0.717) is 0 Å². The van der Waals surface area contributed by atoms with Gasteiger partial charge in [-0.2, -0.15) is 0 Å². The van der Waals surface area contributed by atoms with Crippen LogP contribution >= 0.6 is 11.6 Å². The molecule has 5 rings (SSSR count). The molecule has 166 valence electrons. The van der Waals surface area contributed by atoms with E-state index >= 15 is 0 Å². The van der Waals surface area contributed by atoms with Crippen LogP contribution in [-0.4, -0.2) is 29.4 Å². The molecule has 2 heterocycles. The zero-order valence-electron chi connectivity index (χ0n) is 18.6. The van der Waals surface area contributed by atoms with E-state index in [1.54, 1.807) is 0 Å². The van der Waals surface area contributed by atoms with Crippen molar-refractivity contribution in [2.45, 2.75) is 45.3 Å². The molecular formula is C28H31ClN2O. The molecule has 4 heteroatoms. The molecule has 1 fully saturated rings. The number of hydrogen-bond donors (Lipinski definition) is 0. The number of fused-ring (bicyclic) bond motifs is 1. The van der Waals surface area contributed by atoms with E-state index in [2.05, 4.69) is 46.2 Å². The Morgan fingerprint density at radius 1 is 0.781 bits per heavy atom. The summed E-state index contributed by atoms with van der Waals surface area (Å²) < 4.78 is 5.91. The second-order valence-corrected chi connectivity index (χ2v) is 9.48. The van der Waals surface area contributed by atoms with Gasteiger partial charge in [0.15, 0.2) is 0 Å². The third-order valence-corrected chi connectivity index (χ3v) is 6.91. The van der Waals surface area contributed by atoms with Crippen molar-refractivity contribution in [3.8, 4) is 11.5 Å². The Labute approximate surface area is 196 Å². The Hall–Kier alpha value is -2.33. The summed E-state index contributed by atoms with van der Waals surface area (Å²) in [7, 11) is 0. The van der Waals surface area contributed by atoms with Crippen LogP contribution in [0.15, 0.2) is 66.7 Å². The first-order chi connectivity index (χ1) is 15.7. The van der Waals surface area contributed by atoms with Gasteiger partial charge in [-0.25, -0.2) is 0 Å². The van der Waals surface area contributed by atoms with Crippen LogP contribution < -0.4 is 4.74 Å². The first kappa shape index (κ1) is 21.5. The van der Waals surface area contributed by atoms with Gasteiger partial charge in [0.05, 0.1) is 0 Å². The topological polar surface area (TPSA) is 15.7 Å². The second kappa shape index (κ2) is 10.1. The third kappa shape index (κ3) is 5.35. The average Bonchev–Trinajstić information content (AvgIpc) is 3.46. The number of halogens is 1. The Bertz CT molecular complexity index is 1030. The molecule has 0 bridgehead atoms. The maximum atomic E-state index is 6.69. The molecule has 0 aliphatic carbocycles. The molecule has 0 saturated carbocycles. The van der Waals surface area contributed by atoms with Crippen LogP contribution in [0.5, 0.6) is 11.5 Å². The highest BCUT2D eigenvalue weighted by Crippen LogP contribution is 2.32. The molecule has 32 heavy (non-hydrogen) atoms. The Morgan fingerprint density at radius 2 is 1.53 bits per heavy atom. The van der Waals surface area contributed by atoms with Gasteiger partial charge in [0.25, 0.3) is 0 Å². The summed E-state index contributed by atoms with van der Waals surface area (Å²) in [5, 5.41) is 0.938. The fourth-order valence-electron chi connectivity index (χ4n) is 4.91. The van der Waals surface area contributed by atoms with Gasteiger partial charge >= 0.3 is 0 Å². The van der Waals surface area contributed by atoms with Crippen LogP contribution in [0.25, 0.3) is 0 Å².